The molecule has 2 nitrogen and oxygen atoms in total. The van der Waals surface area contributed by atoms with Crippen molar-refractivity contribution in [2.45, 2.75) is 67.7 Å². The number of aryl methyl sites for hydroxylation is 1. The van der Waals surface area contributed by atoms with Crippen molar-refractivity contribution in [3.63, 3.8) is 0 Å². The van der Waals surface area contributed by atoms with E-state index < -0.39 is 0 Å². The van der Waals surface area contributed by atoms with E-state index in [9.17, 15) is 0 Å². The first-order valence-electron chi connectivity index (χ1n) is 19.4. The summed E-state index contributed by atoms with van der Waals surface area (Å²) >= 11 is 4.88. The van der Waals surface area contributed by atoms with Crippen molar-refractivity contribution < 1.29 is 0 Å². The lowest BCUT2D eigenvalue weighted by atomic mass is 9.63. The number of hydrogen-bond acceptors (Lipinski definition) is 2. The van der Waals surface area contributed by atoms with Gasteiger partial charge in [-0.15, -0.1) is 12.6 Å². The van der Waals surface area contributed by atoms with Gasteiger partial charge in [0.05, 0.1) is 17.1 Å². The minimum atomic E-state index is -0.0154. The molecule has 0 radical (unpaired) electrons. The molecule has 260 valence electrons. The largest absolute Gasteiger partial charge is 0.333 e. The highest BCUT2D eigenvalue weighted by Gasteiger charge is 2.43. The second kappa shape index (κ2) is 13.0. The monoisotopic (exact) mass is 704 g/mol. The zero-order chi connectivity index (χ0) is 35.5. The van der Waals surface area contributed by atoms with Crippen LogP contribution in [0.2, 0.25) is 0 Å². The van der Waals surface area contributed by atoms with E-state index in [2.05, 4.69) is 174 Å². The van der Waals surface area contributed by atoms with Crippen LogP contribution in [0.4, 0.5) is 11.4 Å². The number of anilines is 2. The number of hydrogen-bond donors (Lipinski definition) is 1. The highest BCUT2D eigenvalue weighted by Crippen LogP contribution is 2.54. The third-order valence-electron chi connectivity index (χ3n) is 12.5. The van der Waals surface area contributed by atoms with E-state index in [0.717, 1.165) is 11.3 Å². The summed E-state index contributed by atoms with van der Waals surface area (Å²) in [5.41, 5.74) is 14.5. The molecule has 0 saturated heterocycles. The number of allylic oxidation sites excluding steroid dienone is 2. The minimum Gasteiger partial charge on any atom is -0.333 e. The summed E-state index contributed by atoms with van der Waals surface area (Å²) in [6.45, 7) is 2.25. The van der Waals surface area contributed by atoms with Crippen LogP contribution in [0.3, 0.4) is 0 Å². The minimum absolute atomic E-state index is 0.0154. The van der Waals surface area contributed by atoms with E-state index >= 15 is 0 Å². The zero-order valence-electron chi connectivity index (χ0n) is 30.3. The number of rotatable bonds is 6. The van der Waals surface area contributed by atoms with Gasteiger partial charge in [-0.3, -0.25) is 0 Å². The van der Waals surface area contributed by atoms with Crippen molar-refractivity contribution >= 4 is 45.8 Å². The van der Waals surface area contributed by atoms with Gasteiger partial charge in [0.1, 0.15) is 0 Å². The Balaban J connectivity index is 1.09. The number of aromatic nitrogens is 1. The third-order valence-corrected chi connectivity index (χ3v) is 12.9. The van der Waals surface area contributed by atoms with Gasteiger partial charge in [-0.2, -0.15) is 0 Å². The van der Waals surface area contributed by atoms with Gasteiger partial charge in [0.15, 0.2) is 0 Å². The van der Waals surface area contributed by atoms with Gasteiger partial charge in [0.2, 0.25) is 0 Å². The molecule has 1 saturated carbocycles. The molecule has 2 unspecified atom stereocenters. The summed E-state index contributed by atoms with van der Waals surface area (Å²) in [6.07, 6.45) is 14.9. The van der Waals surface area contributed by atoms with Crippen LogP contribution in [-0.2, 0) is 11.8 Å². The summed E-state index contributed by atoms with van der Waals surface area (Å²) in [4.78, 5) is 3.61. The van der Waals surface area contributed by atoms with Crippen LogP contribution in [0.1, 0.15) is 61.6 Å². The molecule has 3 aliphatic rings. The summed E-state index contributed by atoms with van der Waals surface area (Å²) in [7, 11) is 0. The first-order valence-corrected chi connectivity index (χ1v) is 19.9. The smallest absolute Gasteiger partial charge is 0.0629 e. The zero-order valence-corrected chi connectivity index (χ0v) is 31.1. The fourth-order valence-electron chi connectivity index (χ4n) is 9.97. The van der Waals surface area contributed by atoms with E-state index in [1.165, 1.54) is 104 Å². The highest BCUT2D eigenvalue weighted by atomic mass is 32.1. The van der Waals surface area contributed by atoms with E-state index in [-0.39, 0.29) is 17.4 Å². The predicted molar refractivity (Wildman–Crippen MR) is 226 cm³/mol. The first-order chi connectivity index (χ1) is 26.1. The maximum atomic E-state index is 4.88. The topological polar surface area (TPSA) is 8.17 Å². The number of benzene rings is 6. The number of thiol groups is 1. The fraction of sp³-hybridized carbons (Fsp3) is 0.200. The van der Waals surface area contributed by atoms with Crippen LogP contribution < -0.4 is 4.90 Å². The Bertz CT molecular complexity index is 2570. The maximum Gasteiger partial charge on any atom is 0.0629 e. The molecule has 1 fully saturated rings. The standard InChI is InChI=1S/C50H44N2S/c1-2-34-23-26-38(33-42(34)41-19-9-12-22-49(41)53)52-46-21-11-8-18-40(46)44-32-36(25-28-48(44)52)50(29-13-4-14-30-50)35-24-27-47-43(31-35)39-17-7-10-20-45(39)51(47)37-15-5-3-6-16-37/h3,5-12,15-28,31-33,44,48,53H,2,4,13-14,29-30H2,1H3. The van der Waals surface area contributed by atoms with Crippen molar-refractivity contribution in [1.29, 1.82) is 0 Å². The molecule has 0 amide bonds. The quantitative estimate of drug-likeness (QED) is 0.169. The van der Waals surface area contributed by atoms with Crippen molar-refractivity contribution in [3.8, 4) is 16.8 Å². The van der Waals surface area contributed by atoms with E-state index in [1.54, 1.807) is 0 Å². The van der Waals surface area contributed by atoms with Crippen LogP contribution in [0.15, 0.2) is 168 Å². The lowest BCUT2D eigenvalue weighted by Gasteiger charge is -2.42. The van der Waals surface area contributed by atoms with Gasteiger partial charge >= 0.3 is 0 Å². The molecule has 0 bridgehead atoms. The lowest BCUT2D eigenvalue weighted by Crippen LogP contribution is -2.35. The van der Waals surface area contributed by atoms with Gasteiger partial charge in [0, 0.05) is 44.1 Å². The van der Waals surface area contributed by atoms with Crippen molar-refractivity contribution in [2.75, 3.05) is 4.90 Å². The summed E-state index contributed by atoms with van der Waals surface area (Å²) in [6, 6.07) is 52.0. The molecular weight excluding hydrogens is 661 g/mol. The molecule has 10 rings (SSSR count). The molecule has 7 aromatic rings. The van der Waals surface area contributed by atoms with Crippen LogP contribution >= 0.6 is 12.6 Å². The van der Waals surface area contributed by atoms with Crippen LogP contribution in [0, 0.1) is 0 Å². The summed E-state index contributed by atoms with van der Waals surface area (Å²) in [5, 5.41) is 2.67. The van der Waals surface area contributed by atoms with Gasteiger partial charge in [-0.05, 0) is 107 Å². The van der Waals surface area contributed by atoms with Crippen molar-refractivity contribution in [3.05, 3.63) is 180 Å². The Labute approximate surface area is 318 Å². The molecule has 0 N–H and O–H groups in total. The molecular formula is C50H44N2S. The van der Waals surface area contributed by atoms with Crippen molar-refractivity contribution in [1.82, 2.24) is 4.57 Å². The molecule has 2 heterocycles. The second-order valence-electron chi connectivity index (χ2n) is 15.2. The van der Waals surface area contributed by atoms with Gasteiger partial charge in [-0.1, -0.05) is 129 Å². The number of para-hydroxylation sites is 3. The molecule has 6 aromatic carbocycles. The third kappa shape index (κ3) is 5.16. The molecule has 0 spiro atoms. The average molecular weight is 705 g/mol. The van der Waals surface area contributed by atoms with Gasteiger partial charge in [-0.25, -0.2) is 0 Å². The number of nitrogens with zero attached hydrogens (tertiary/aromatic N) is 2. The second-order valence-corrected chi connectivity index (χ2v) is 15.7. The Morgan fingerprint density at radius 1 is 0.660 bits per heavy atom. The Morgan fingerprint density at radius 3 is 2.26 bits per heavy atom. The first kappa shape index (κ1) is 32.4. The van der Waals surface area contributed by atoms with Crippen molar-refractivity contribution in [2.24, 2.45) is 0 Å². The van der Waals surface area contributed by atoms with Crippen LogP contribution in [0.5, 0.6) is 0 Å². The maximum absolute atomic E-state index is 4.88. The Kier molecular flexibility index (Phi) is 7.95. The molecule has 3 heteroatoms. The Morgan fingerprint density at radius 2 is 1.42 bits per heavy atom. The van der Waals surface area contributed by atoms with Gasteiger partial charge in [0.25, 0.3) is 0 Å². The molecule has 1 aliphatic heterocycles. The van der Waals surface area contributed by atoms with E-state index in [0.29, 0.717) is 0 Å². The summed E-state index contributed by atoms with van der Waals surface area (Å²) in [5.74, 6) is 0.278. The SMILES string of the molecule is CCc1ccc(N2c3ccccc3C3C=C(C4(c5ccc6c(c5)c5ccccc5n6-c5ccccc5)CCCCC4)C=CC32)cc1-c1ccccc1S. The molecule has 2 atom stereocenters. The molecule has 2 aliphatic carbocycles. The number of fused-ring (bicyclic) bond motifs is 6. The van der Waals surface area contributed by atoms with Crippen LogP contribution in [-0.4, -0.2) is 10.6 Å². The van der Waals surface area contributed by atoms with Crippen LogP contribution in [0.25, 0.3) is 38.6 Å². The molecule has 1 aromatic heterocycles. The average Bonchev–Trinajstić information content (AvgIpc) is 3.74. The van der Waals surface area contributed by atoms with E-state index in [1.807, 2.05) is 0 Å². The molecule has 53 heavy (non-hydrogen) atoms. The van der Waals surface area contributed by atoms with E-state index in [4.69, 9.17) is 12.6 Å². The van der Waals surface area contributed by atoms with Gasteiger partial charge < -0.3 is 9.47 Å². The highest BCUT2D eigenvalue weighted by molar-refractivity contribution is 7.80. The lowest BCUT2D eigenvalue weighted by molar-refractivity contribution is 0.343. The fourth-order valence-corrected chi connectivity index (χ4v) is 10.3. The Hall–Kier alpha value is -5.25. The summed E-state index contributed by atoms with van der Waals surface area (Å²) < 4.78 is 2.43. The predicted octanol–water partition coefficient (Wildman–Crippen LogP) is 13.3. The normalized spacial score (nSPS) is 19.0.